The van der Waals surface area contributed by atoms with Crippen LogP contribution >= 0.6 is 0 Å². The highest BCUT2D eigenvalue weighted by Gasteiger charge is 2.52. The topological polar surface area (TPSA) is 37.3 Å². The van der Waals surface area contributed by atoms with Gasteiger partial charge in [0, 0.05) is 0 Å². The van der Waals surface area contributed by atoms with Crippen molar-refractivity contribution in [1.82, 2.24) is 0 Å². The third kappa shape index (κ3) is 1.26. The van der Waals surface area contributed by atoms with E-state index in [0.717, 1.165) is 12.8 Å². The van der Waals surface area contributed by atoms with Gasteiger partial charge in [-0.15, -0.1) is 0 Å². The van der Waals surface area contributed by atoms with Crippen LogP contribution in [0.2, 0.25) is 0 Å². The molecule has 1 saturated carbocycles. The molecule has 1 aliphatic carbocycles. The van der Waals surface area contributed by atoms with E-state index in [4.69, 9.17) is 5.11 Å². The lowest BCUT2D eigenvalue weighted by Gasteiger charge is -2.23. The first-order chi connectivity index (χ1) is 5.00. The van der Waals surface area contributed by atoms with Crippen LogP contribution in [0.4, 0.5) is 0 Å². The van der Waals surface area contributed by atoms with Crippen LogP contribution in [0.15, 0.2) is 0 Å². The average Bonchev–Trinajstić information content (AvgIpc) is 2.65. The van der Waals surface area contributed by atoms with Gasteiger partial charge in [0.05, 0.1) is 5.92 Å². The zero-order chi connectivity index (χ0) is 8.65. The Hall–Kier alpha value is -0.530. The maximum Gasteiger partial charge on any atom is 0.306 e. The molecule has 0 radical (unpaired) electrons. The summed E-state index contributed by atoms with van der Waals surface area (Å²) in [6, 6.07) is 0. The van der Waals surface area contributed by atoms with Crippen molar-refractivity contribution in [3.8, 4) is 0 Å². The lowest BCUT2D eigenvalue weighted by molar-refractivity contribution is -0.144. The molecule has 1 aliphatic rings. The molecular weight excluding hydrogens is 140 g/mol. The van der Waals surface area contributed by atoms with Gasteiger partial charge in [-0.3, -0.25) is 4.79 Å². The van der Waals surface area contributed by atoms with Crippen molar-refractivity contribution in [2.75, 3.05) is 0 Å². The van der Waals surface area contributed by atoms with Gasteiger partial charge in [-0.1, -0.05) is 20.8 Å². The Morgan fingerprint density at radius 2 is 1.82 bits per heavy atom. The number of hydrogen-bond donors (Lipinski definition) is 1. The average molecular weight is 156 g/mol. The van der Waals surface area contributed by atoms with Crippen LogP contribution in [0.5, 0.6) is 0 Å². The van der Waals surface area contributed by atoms with Gasteiger partial charge in [0.25, 0.3) is 0 Å². The summed E-state index contributed by atoms with van der Waals surface area (Å²) >= 11 is 0. The van der Waals surface area contributed by atoms with Crippen LogP contribution in [-0.2, 0) is 4.79 Å². The number of carbonyl (C=O) groups is 1. The van der Waals surface area contributed by atoms with E-state index in [1.54, 1.807) is 0 Å². The van der Waals surface area contributed by atoms with E-state index in [2.05, 4.69) is 13.8 Å². The molecule has 2 nitrogen and oxygen atoms in total. The quantitative estimate of drug-likeness (QED) is 0.679. The van der Waals surface area contributed by atoms with Crippen molar-refractivity contribution in [2.24, 2.45) is 17.3 Å². The molecule has 0 saturated heterocycles. The van der Waals surface area contributed by atoms with E-state index < -0.39 is 5.97 Å². The van der Waals surface area contributed by atoms with Crippen LogP contribution in [0.3, 0.4) is 0 Å². The molecule has 0 aromatic carbocycles. The maximum atomic E-state index is 10.7. The minimum atomic E-state index is -0.642. The second kappa shape index (κ2) is 2.50. The van der Waals surface area contributed by atoms with Crippen LogP contribution in [0.1, 0.15) is 33.6 Å². The minimum Gasteiger partial charge on any atom is -0.481 e. The van der Waals surface area contributed by atoms with Crippen LogP contribution in [0, 0.1) is 17.3 Å². The van der Waals surface area contributed by atoms with E-state index in [9.17, 15) is 4.79 Å². The fraction of sp³-hybridized carbons (Fsp3) is 0.889. The van der Waals surface area contributed by atoms with Crippen molar-refractivity contribution < 1.29 is 9.90 Å². The molecule has 0 heterocycles. The predicted molar refractivity (Wildman–Crippen MR) is 43.3 cm³/mol. The molecule has 1 N–H and O–H groups in total. The van der Waals surface area contributed by atoms with Gasteiger partial charge >= 0.3 is 5.97 Å². The van der Waals surface area contributed by atoms with Gasteiger partial charge in [0.2, 0.25) is 0 Å². The van der Waals surface area contributed by atoms with Crippen molar-refractivity contribution in [2.45, 2.75) is 33.6 Å². The zero-order valence-electron chi connectivity index (χ0n) is 7.42. The van der Waals surface area contributed by atoms with Gasteiger partial charge in [0.15, 0.2) is 0 Å². The van der Waals surface area contributed by atoms with Crippen LogP contribution in [-0.4, -0.2) is 11.1 Å². The Morgan fingerprint density at radius 1 is 1.36 bits per heavy atom. The summed E-state index contributed by atoms with van der Waals surface area (Å²) in [7, 11) is 0. The summed E-state index contributed by atoms with van der Waals surface area (Å²) < 4.78 is 0. The number of carboxylic acid groups (broad SMARTS) is 1. The fourth-order valence-corrected chi connectivity index (χ4v) is 1.90. The molecule has 1 rings (SSSR count). The van der Waals surface area contributed by atoms with Crippen molar-refractivity contribution in [1.29, 1.82) is 0 Å². The molecule has 0 spiro atoms. The largest absolute Gasteiger partial charge is 0.481 e. The second-order valence-electron chi connectivity index (χ2n) is 3.95. The van der Waals surface area contributed by atoms with Gasteiger partial charge in [-0.25, -0.2) is 0 Å². The Labute approximate surface area is 67.6 Å². The monoisotopic (exact) mass is 156 g/mol. The van der Waals surface area contributed by atoms with Crippen molar-refractivity contribution in [3.05, 3.63) is 0 Å². The molecule has 0 aromatic rings. The fourth-order valence-electron chi connectivity index (χ4n) is 1.90. The third-order valence-corrected chi connectivity index (χ3v) is 3.21. The SMILES string of the molecule is CC(C)C1(C(C)C(=O)O)CC1. The Kier molecular flexibility index (Phi) is 1.95. The first kappa shape index (κ1) is 8.57. The summed E-state index contributed by atoms with van der Waals surface area (Å²) in [5.41, 5.74) is 0.131. The molecule has 11 heavy (non-hydrogen) atoms. The van der Waals surface area contributed by atoms with E-state index in [1.165, 1.54) is 0 Å². The number of carboxylic acids is 1. The Balaban J connectivity index is 2.65. The Morgan fingerprint density at radius 3 is 1.91 bits per heavy atom. The normalized spacial score (nSPS) is 23.3. The van der Waals surface area contributed by atoms with E-state index in [-0.39, 0.29) is 11.3 Å². The molecule has 0 amide bonds. The molecule has 0 aromatic heterocycles. The molecule has 0 bridgehead atoms. The third-order valence-electron chi connectivity index (χ3n) is 3.21. The van der Waals surface area contributed by atoms with Crippen molar-refractivity contribution in [3.63, 3.8) is 0 Å². The molecule has 1 unspecified atom stereocenters. The standard InChI is InChI=1S/C9H16O2/c1-6(2)9(4-5-9)7(3)8(10)11/h6-7H,4-5H2,1-3H3,(H,10,11). The molecule has 64 valence electrons. The van der Waals surface area contributed by atoms with Gasteiger partial charge in [0.1, 0.15) is 0 Å². The van der Waals surface area contributed by atoms with E-state index >= 15 is 0 Å². The lowest BCUT2D eigenvalue weighted by Crippen LogP contribution is -2.26. The molecular formula is C9H16O2. The molecule has 1 fully saturated rings. The van der Waals surface area contributed by atoms with E-state index in [0.29, 0.717) is 5.92 Å². The predicted octanol–water partition coefficient (Wildman–Crippen LogP) is 2.14. The van der Waals surface area contributed by atoms with Gasteiger partial charge in [-0.2, -0.15) is 0 Å². The first-order valence-electron chi connectivity index (χ1n) is 4.23. The lowest BCUT2D eigenvalue weighted by atomic mass is 9.81. The second-order valence-corrected chi connectivity index (χ2v) is 3.95. The Bertz CT molecular complexity index is 168. The summed E-state index contributed by atoms with van der Waals surface area (Å²) in [5.74, 6) is -0.299. The number of aliphatic carboxylic acids is 1. The van der Waals surface area contributed by atoms with Gasteiger partial charge < -0.3 is 5.11 Å². The van der Waals surface area contributed by atoms with E-state index in [1.807, 2.05) is 6.92 Å². The zero-order valence-corrected chi connectivity index (χ0v) is 7.42. The smallest absolute Gasteiger partial charge is 0.306 e. The molecule has 0 aliphatic heterocycles. The summed E-state index contributed by atoms with van der Waals surface area (Å²) in [6.07, 6.45) is 2.19. The highest BCUT2D eigenvalue weighted by molar-refractivity contribution is 5.71. The molecule has 1 atom stereocenters. The highest BCUT2D eigenvalue weighted by Crippen LogP contribution is 2.57. The summed E-state index contributed by atoms with van der Waals surface area (Å²) in [5, 5.41) is 8.81. The minimum absolute atomic E-state index is 0.131. The highest BCUT2D eigenvalue weighted by atomic mass is 16.4. The first-order valence-corrected chi connectivity index (χ1v) is 4.23. The van der Waals surface area contributed by atoms with Crippen LogP contribution < -0.4 is 0 Å². The van der Waals surface area contributed by atoms with Crippen molar-refractivity contribution >= 4 is 5.97 Å². The molecule has 2 heteroatoms. The summed E-state index contributed by atoms with van der Waals surface area (Å²) in [6.45, 7) is 6.06. The maximum absolute atomic E-state index is 10.7. The van der Waals surface area contributed by atoms with Gasteiger partial charge in [-0.05, 0) is 24.2 Å². The number of rotatable bonds is 3. The number of hydrogen-bond acceptors (Lipinski definition) is 1. The summed E-state index contributed by atoms with van der Waals surface area (Å²) in [4.78, 5) is 10.7. The van der Waals surface area contributed by atoms with Crippen LogP contribution in [0.25, 0.3) is 0 Å².